The van der Waals surface area contributed by atoms with Crippen LogP contribution in [-0.4, -0.2) is 64.3 Å². The molecule has 2 aromatic heterocycles. The summed E-state index contributed by atoms with van der Waals surface area (Å²) in [4.78, 5) is 30.9. The summed E-state index contributed by atoms with van der Waals surface area (Å²) in [5.74, 6) is 0.134. The number of amides is 2. The van der Waals surface area contributed by atoms with E-state index in [1.807, 2.05) is 9.58 Å². The van der Waals surface area contributed by atoms with Crippen molar-refractivity contribution >= 4 is 11.8 Å². The fraction of sp³-hybridized carbons (Fsp3) is 0.474. The van der Waals surface area contributed by atoms with E-state index in [2.05, 4.69) is 15.4 Å². The zero-order valence-corrected chi connectivity index (χ0v) is 15.1. The monoisotopic (exact) mass is 369 g/mol. The predicted molar refractivity (Wildman–Crippen MR) is 97.3 cm³/mol. The first-order valence-corrected chi connectivity index (χ1v) is 9.33. The number of ether oxygens (including phenoxy) is 1. The number of rotatable bonds is 4. The van der Waals surface area contributed by atoms with Gasteiger partial charge in [0.15, 0.2) is 0 Å². The number of hydrogen-bond acceptors (Lipinski definition) is 5. The fourth-order valence-electron chi connectivity index (χ4n) is 3.61. The zero-order chi connectivity index (χ0) is 18.6. The van der Waals surface area contributed by atoms with Crippen molar-refractivity contribution < 1.29 is 14.3 Å². The molecule has 8 nitrogen and oxygen atoms in total. The van der Waals surface area contributed by atoms with Crippen molar-refractivity contribution in [2.75, 3.05) is 32.8 Å². The van der Waals surface area contributed by atoms with Gasteiger partial charge in [-0.25, -0.2) is 0 Å². The number of nitrogens with one attached hydrogen (secondary N) is 1. The maximum Gasteiger partial charge on any atom is 0.269 e. The summed E-state index contributed by atoms with van der Waals surface area (Å²) in [5.41, 5.74) is 2.06. The molecule has 1 fully saturated rings. The normalized spacial score (nSPS) is 19.4. The summed E-state index contributed by atoms with van der Waals surface area (Å²) in [6.07, 6.45) is 4.94. The molecule has 8 heteroatoms. The molecule has 2 aromatic rings. The van der Waals surface area contributed by atoms with E-state index in [0.29, 0.717) is 44.1 Å². The first-order valence-electron chi connectivity index (χ1n) is 9.33. The highest BCUT2D eigenvalue weighted by Crippen LogP contribution is 2.24. The molecule has 0 saturated carbocycles. The summed E-state index contributed by atoms with van der Waals surface area (Å²) in [6, 6.07) is 5.28. The van der Waals surface area contributed by atoms with Gasteiger partial charge in [-0.15, -0.1) is 0 Å². The SMILES string of the molecule is O=C(NC[C@@H]1CCn2ncc(C(=O)N3CCOCC3)c2C1)c1ccccn1. The minimum Gasteiger partial charge on any atom is -0.378 e. The van der Waals surface area contributed by atoms with Crippen molar-refractivity contribution in [1.82, 2.24) is 25.0 Å². The lowest BCUT2D eigenvalue weighted by atomic mass is 9.94. The number of hydrogen-bond donors (Lipinski definition) is 1. The number of aryl methyl sites for hydroxylation is 1. The Morgan fingerprint density at radius 2 is 2.07 bits per heavy atom. The van der Waals surface area contributed by atoms with Gasteiger partial charge in [0.1, 0.15) is 5.69 Å². The molecule has 2 amide bonds. The second-order valence-corrected chi connectivity index (χ2v) is 6.92. The van der Waals surface area contributed by atoms with Gasteiger partial charge in [-0.05, 0) is 30.9 Å². The molecule has 1 atom stereocenters. The molecule has 2 aliphatic heterocycles. The van der Waals surface area contributed by atoms with Gasteiger partial charge in [0, 0.05) is 32.4 Å². The molecule has 0 bridgehead atoms. The minimum absolute atomic E-state index is 0.0257. The number of morpholine rings is 1. The van der Waals surface area contributed by atoms with Gasteiger partial charge in [-0.3, -0.25) is 19.3 Å². The molecule has 1 saturated heterocycles. The zero-order valence-electron chi connectivity index (χ0n) is 15.1. The molecule has 27 heavy (non-hydrogen) atoms. The molecule has 2 aliphatic rings. The molecule has 0 spiro atoms. The van der Waals surface area contributed by atoms with Crippen LogP contribution in [0.2, 0.25) is 0 Å². The summed E-state index contributed by atoms with van der Waals surface area (Å²) in [7, 11) is 0. The van der Waals surface area contributed by atoms with E-state index in [1.165, 1.54) is 0 Å². The third kappa shape index (κ3) is 3.85. The molecular weight excluding hydrogens is 346 g/mol. The number of carbonyl (C=O) groups is 2. The van der Waals surface area contributed by atoms with E-state index in [0.717, 1.165) is 25.1 Å². The van der Waals surface area contributed by atoms with Crippen molar-refractivity contribution in [3.05, 3.63) is 47.5 Å². The fourth-order valence-corrected chi connectivity index (χ4v) is 3.61. The highest BCUT2D eigenvalue weighted by Gasteiger charge is 2.28. The predicted octanol–water partition coefficient (Wildman–Crippen LogP) is 0.743. The van der Waals surface area contributed by atoms with Crippen LogP contribution in [-0.2, 0) is 17.7 Å². The molecule has 0 aromatic carbocycles. The van der Waals surface area contributed by atoms with Crippen LogP contribution in [0.4, 0.5) is 0 Å². The van der Waals surface area contributed by atoms with E-state index in [9.17, 15) is 9.59 Å². The maximum absolute atomic E-state index is 12.8. The van der Waals surface area contributed by atoms with Crippen LogP contribution < -0.4 is 5.32 Å². The van der Waals surface area contributed by atoms with E-state index in [-0.39, 0.29) is 17.7 Å². The lowest BCUT2D eigenvalue weighted by Gasteiger charge is -2.28. The Labute approximate surface area is 157 Å². The van der Waals surface area contributed by atoms with Crippen LogP contribution >= 0.6 is 0 Å². The van der Waals surface area contributed by atoms with E-state index < -0.39 is 0 Å². The minimum atomic E-state index is -0.167. The van der Waals surface area contributed by atoms with Crippen LogP contribution in [0.25, 0.3) is 0 Å². The first-order chi connectivity index (χ1) is 13.2. The number of carbonyl (C=O) groups excluding carboxylic acids is 2. The Morgan fingerprint density at radius 1 is 1.22 bits per heavy atom. The van der Waals surface area contributed by atoms with Crippen molar-refractivity contribution in [2.45, 2.75) is 19.4 Å². The number of aromatic nitrogens is 3. The van der Waals surface area contributed by atoms with Crippen LogP contribution in [0.5, 0.6) is 0 Å². The third-order valence-corrected chi connectivity index (χ3v) is 5.16. The molecule has 142 valence electrons. The summed E-state index contributed by atoms with van der Waals surface area (Å²) >= 11 is 0. The highest BCUT2D eigenvalue weighted by atomic mass is 16.5. The summed E-state index contributed by atoms with van der Waals surface area (Å²) < 4.78 is 7.25. The molecule has 4 rings (SSSR count). The van der Waals surface area contributed by atoms with Crippen LogP contribution in [0, 0.1) is 5.92 Å². The van der Waals surface area contributed by atoms with Crippen LogP contribution in [0.1, 0.15) is 33.0 Å². The summed E-state index contributed by atoms with van der Waals surface area (Å²) in [6.45, 7) is 3.72. The van der Waals surface area contributed by atoms with Gasteiger partial charge in [0.2, 0.25) is 0 Å². The van der Waals surface area contributed by atoms with Crippen molar-refractivity contribution in [3.8, 4) is 0 Å². The third-order valence-electron chi connectivity index (χ3n) is 5.16. The lowest BCUT2D eigenvalue weighted by Crippen LogP contribution is -2.41. The van der Waals surface area contributed by atoms with E-state index >= 15 is 0 Å². The highest BCUT2D eigenvalue weighted by molar-refractivity contribution is 5.95. The molecule has 1 N–H and O–H groups in total. The number of nitrogens with zero attached hydrogens (tertiary/aromatic N) is 4. The summed E-state index contributed by atoms with van der Waals surface area (Å²) in [5, 5.41) is 7.35. The second-order valence-electron chi connectivity index (χ2n) is 6.92. The first kappa shape index (κ1) is 17.7. The van der Waals surface area contributed by atoms with E-state index in [4.69, 9.17) is 4.74 Å². The average Bonchev–Trinajstić information content (AvgIpc) is 3.16. The van der Waals surface area contributed by atoms with Crippen LogP contribution in [0.15, 0.2) is 30.6 Å². The quantitative estimate of drug-likeness (QED) is 0.859. The van der Waals surface area contributed by atoms with Crippen molar-refractivity contribution in [3.63, 3.8) is 0 Å². The molecule has 0 unspecified atom stereocenters. The Hall–Kier alpha value is -2.74. The standard InChI is InChI=1S/C19H23N5O3/c25-18(16-3-1-2-5-20-16)21-12-14-4-6-24-17(11-14)15(13-22-24)19(26)23-7-9-27-10-8-23/h1-3,5,13-14H,4,6-12H2,(H,21,25)/t14-/m1/s1. The van der Waals surface area contributed by atoms with Gasteiger partial charge in [-0.1, -0.05) is 6.07 Å². The van der Waals surface area contributed by atoms with E-state index in [1.54, 1.807) is 30.6 Å². The largest absolute Gasteiger partial charge is 0.378 e. The molecule has 0 aliphatic carbocycles. The van der Waals surface area contributed by atoms with Gasteiger partial charge in [0.25, 0.3) is 11.8 Å². The molecular formula is C19H23N5O3. The van der Waals surface area contributed by atoms with Gasteiger partial charge in [0.05, 0.1) is 30.7 Å². The van der Waals surface area contributed by atoms with Gasteiger partial charge in [-0.2, -0.15) is 5.10 Å². The van der Waals surface area contributed by atoms with Crippen molar-refractivity contribution in [2.24, 2.45) is 5.92 Å². The smallest absolute Gasteiger partial charge is 0.269 e. The molecule has 0 radical (unpaired) electrons. The molecule has 4 heterocycles. The Kier molecular flexibility index (Phi) is 5.15. The average molecular weight is 369 g/mol. The maximum atomic E-state index is 12.8. The van der Waals surface area contributed by atoms with Gasteiger partial charge < -0.3 is 15.0 Å². The number of fused-ring (bicyclic) bond motifs is 1. The number of pyridine rings is 1. The van der Waals surface area contributed by atoms with Gasteiger partial charge >= 0.3 is 0 Å². The topological polar surface area (TPSA) is 89.4 Å². The Balaban J connectivity index is 1.40. The van der Waals surface area contributed by atoms with Crippen molar-refractivity contribution in [1.29, 1.82) is 0 Å². The Morgan fingerprint density at radius 3 is 2.85 bits per heavy atom. The van der Waals surface area contributed by atoms with Crippen LogP contribution in [0.3, 0.4) is 0 Å². The lowest BCUT2D eigenvalue weighted by molar-refractivity contribution is 0.0301. The Bertz CT molecular complexity index is 814. The second kappa shape index (κ2) is 7.87.